The quantitative estimate of drug-likeness (QED) is 0.271. The molecule has 3 rings (SSSR count). The number of phenols is 1. The van der Waals surface area contributed by atoms with Gasteiger partial charge in [0.05, 0.1) is 15.4 Å². The van der Waals surface area contributed by atoms with Crippen LogP contribution in [0.5, 0.6) is 5.75 Å². The van der Waals surface area contributed by atoms with Crippen molar-refractivity contribution >= 4 is 45.3 Å². The molecule has 33 heavy (non-hydrogen) atoms. The van der Waals surface area contributed by atoms with Gasteiger partial charge >= 0.3 is 17.3 Å². The number of fused-ring (bicyclic) bond motifs is 1. The molecule has 0 aromatic heterocycles. The van der Waals surface area contributed by atoms with E-state index in [4.69, 9.17) is 5.11 Å². The second kappa shape index (κ2) is 9.18. The number of ketones is 1. The molecule has 0 heterocycles. The van der Waals surface area contributed by atoms with Crippen molar-refractivity contribution in [1.82, 2.24) is 0 Å². The number of aromatic hydroxyl groups is 1. The van der Waals surface area contributed by atoms with Gasteiger partial charge in [-0.1, -0.05) is 24.3 Å². The first-order valence-corrected chi connectivity index (χ1v) is 9.44. The summed E-state index contributed by atoms with van der Waals surface area (Å²) < 4.78 is 0. The lowest BCUT2D eigenvalue weighted by molar-refractivity contribution is -0.392. The van der Waals surface area contributed by atoms with Crippen LogP contribution in [0, 0.1) is 20.2 Å². The van der Waals surface area contributed by atoms with Gasteiger partial charge in [0.25, 0.3) is 0 Å². The van der Waals surface area contributed by atoms with Crippen molar-refractivity contribution in [1.29, 1.82) is 0 Å². The fraction of sp³-hybridized carbons (Fsp3) is 0.143. The van der Waals surface area contributed by atoms with Crippen LogP contribution >= 0.6 is 0 Å². The second-order valence-corrected chi connectivity index (χ2v) is 7.07. The SMILES string of the molecule is CC(=O)CCc1ccc2c(N=Nc3c([N+](=O)[O-])cc(C(=O)O)cc3[N+](=O)[O-])c(O)ccc2c1. The number of carboxylic acid groups (broad SMARTS) is 1. The molecule has 12 heteroatoms. The zero-order valence-corrected chi connectivity index (χ0v) is 17.1. The summed E-state index contributed by atoms with van der Waals surface area (Å²) in [7, 11) is 0. The summed E-state index contributed by atoms with van der Waals surface area (Å²) in [6, 6.07) is 9.34. The number of rotatable bonds is 8. The molecule has 3 aromatic carbocycles. The first kappa shape index (κ1) is 22.9. The number of carbonyl (C=O) groups is 2. The number of aromatic carboxylic acids is 1. The van der Waals surface area contributed by atoms with Crippen molar-refractivity contribution in [2.24, 2.45) is 10.2 Å². The van der Waals surface area contributed by atoms with E-state index in [1.807, 2.05) is 0 Å². The predicted octanol–water partition coefficient (Wildman–Crippen LogP) is 5.00. The molecule has 0 unspecified atom stereocenters. The molecule has 0 atom stereocenters. The average Bonchev–Trinajstić information content (AvgIpc) is 2.76. The minimum Gasteiger partial charge on any atom is -0.506 e. The number of aryl methyl sites for hydroxylation is 1. The van der Waals surface area contributed by atoms with E-state index in [1.54, 1.807) is 24.3 Å². The van der Waals surface area contributed by atoms with E-state index in [0.717, 1.165) is 5.56 Å². The standard InChI is InChI=1S/C21H16N4O8/c1-11(26)2-3-12-4-6-15-13(8-12)5-7-18(27)19(15)22-23-20-16(24(30)31)9-14(21(28)29)10-17(20)25(32)33/h4-10,27H,2-3H2,1H3,(H,28,29). The highest BCUT2D eigenvalue weighted by molar-refractivity contribution is 5.96. The van der Waals surface area contributed by atoms with Gasteiger partial charge in [-0.05, 0) is 30.4 Å². The largest absolute Gasteiger partial charge is 0.506 e. The number of carboxylic acids is 1. The summed E-state index contributed by atoms with van der Waals surface area (Å²) in [5, 5.41) is 50.7. The molecule has 0 radical (unpaired) electrons. The maximum absolute atomic E-state index is 11.4. The average molecular weight is 452 g/mol. The third-order valence-corrected chi connectivity index (χ3v) is 4.76. The van der Waals surface area contributed by atoms with E-state index in [1.165, 1.54) is 13.0 Å². The van der Waals surface area contributed by atoms with Crippen LogP contribution in [-0.4, -0.2) is 31.8 Å². The molecule has 0 spiro atoms. The minimum absolute atomic E-state index is 0.0346. The number of hydrogen-bond acceptors (Lipinski definition) is 9. The fourth-order valence-corrected chi connectivity index (χ4v) is 3.14. The van der Waals surface area contributed by atoms with Gasteiger partial charge in [-0.25, -0.2) is 4.79 Å². The molecule has 0 fully saturated rings. The zero-order valence-electron chi connectivity index (χ0n) is 17.1. The summed E-state index contributed by atoms with van der Waals surface area (Å²) in [6.45, 7) is 1.49. The van der Waals surface area contributed by atoms with Crippen LogP contribution < -0.4 is 0 Å². The van der Waals surface area contributed by atoms with Crippen LogP contribution in [0.15, 0.2) is 52.7 Å². The Morgan fingerprint density at radius 3 is 2.09 bits per heavy atom. The van der Waals surface area contributed by atoms with Gasteiger partial charge in [0.15, 0.2) is 0 Å². The van der Waals surface area contributed by atoms with Crippen LogP contribution in [0.1, 0.15) is 29.3 Å². The van der Waals surface area contributed by atoms with Gasteiger partial charge in [0, 0.05) is 23.9 Å². The van der Waals surface area contributed by atoms with Crippen molar-refractivity contribution in [3.8, 4) is 5.75 Å². The molecule has 0 saturated heterocycles. The zero-order chi connectivity index (χ0) is 24.3. The Labute approximate surface area is 185 Å². The summed E-state index contributed by atoms with van der Waals surface area (Å²) in [5.41, 5.74) is -2.48. The van der Waals surface area contributed by atoms with E-state index < -0.39 is 38.4 Å². The molecule has 0 amide bonds. The summed E-state index contributed by atoms with van der Waals surface area (Å²) in [4.78, 5) is 43.3. The molecule has 12 nitrogen and oxygen atoms in total. The lowest BCUT2D eigenvalue weighted by atomic mass is 10.0. The maximum atomic E-state index is 11.4. The number of Topliss-reactive ketones (excluding diaryl/α,β-unsaturated/α-hetero) is 1. The molecule has 2 N–H and O–H groups in total. The van der Waals surface area contributed by atoms with Gasteiger partial charge in [0.1, 0.15) is 17.2 Å². The molecule has 3 aromatic rings. The van der Waals surface area contributed by atoms with Crippen molar-refractivity contribution in [2.75, 3.05) is 0 Å². The minimum atomic E-state index is -1.59. The van der Waals surface area contributed by atoms with Gasteiger partial charge in [0.2, 0.25) is 5.69 Å². The van der Waals surface area contributed by atoms with Crippen LogP contribution in [-0.2, 0) is 11.2 Å². The first-order valence-electron chi connectivity index (χ1n) is 9.44. The molecule has 0 aliphatic carbocycles. The van der Waals surface area contributed by atoms with Crippen molar-refractivity contribution in [3.63, 3.8) is 0 Å². The van der Waals surface area contributed by atoms with Gasteiger partial charge < -0.3 is 15.0 Å². The molecule has 0 bridgehead atoms. The molecule has 168 valence electrons. The van der Waals surface area contributed by atoms with Crippen LogP contribution in [0.25, 0.3) is 10.8 Å². The second-order valence-electron chi connectivity index (χ2n) is 7.07. The van der Waals surface area contributed by atoms with E-state index in [-0.39, 0.29) is 17.2 Å². The Bertz CT molecular complexity index is 1310. The Morgan fingerprint density at radius 2 is 1.55 bits per heavy atom. The Balaban J connectivity index is 2.14. The smallest absolute Gasteiger partial charge is 0.336 e. The molecule has 0 aliphatic heterocycles. The van der Waals surface area contributed by atoms with Crippen molar-refractivity contribution in [3.05, 3.63) is 73.8 Å². The molecule has 0 saturated carbocycles. The maximum Gasteiger partial charge on any atom is 0.336 e. The fourth-order valence-electron chi connectivity index (χ4n) is 3.14. The summed E-state index contributed by atoms with van der Waals surface area (Å²) >= 11 is 0. The van der Waals surface area contributed by atoms with E-state index in [9.17, 15) is 34.9 Å². The number of azo groups is 1. The Morgan fingerprint density at radius 1 is 0.939 bits per heavy atom. The predicted molar refractivity (Wildman–Crippen MR) is 116 cm³/mol. The monoisotopic (exact) mass is 452 g/mol. The lowest BCUT2D eigenvalue weighted by Crippen LogP contribution is -2.01. The normalized spacial score (nSPS) is 11.1. The van der Waals surface area contributed by atoms with E-state index in [2.05, 4.69) is 10.2 Å². The number of hydrogen-bond donors (Lipinski definition) is 2. The first-order chi connectivity index (χ1) is 15.6. The highest BCUT2D eigenvalue weighted by atomic mass is 16.6. The van der Waals surface area contributed by atoms with E-state index >= 15 is 0 Å². The van der Waals surface area contributed by atoms with Gasteiger partial charge in [-0.2, -0.15) is 0 Å². The van der Waals surface area contributed by atoms with Crippen LogP contribution in [0.3, 0.4) is 0 Å². The highest BCUT2D eigenvalue weighted by Gasteiger charge is 2.29. The van der Waals surface area contributed by atoms with Gasteiger partial charge in [-0.3, -0.25) is 20.2 Å². The lowest BCUT2D eigenvalue weighted by Gasteiger charge is -2.07. The number of nitrogens with zero attached hydrogens (tertiary/aromatic N) is 4. The summed E-state index contributed by atoms with van der Waals surface area (Å²) in [6.07, 6.45) is 0.868. The van der Waals surface area contributed by atoms with Crippen molar-refractivity contribution < 1.29 is 29.6 Å². The Kier molecular flexibility index (Phi) is 6.38. The summed E-state index contributed by atoms with van der Waals surface area (Å²) in [5.74, 6) is -1.88. The third kappa shape index (κ3) is 4.95. The number of phenolic OH excluding ortho intramolecular Hbond substituents is 1. The number of carbonyl (C=O) groups excluding carboxylic acids is 1. The van der Waals surface area contributed by atoms with Gasteiger partial charge in [-0.15, -0.1) is 10.2 Å². The molecule has 0 aliphatic rings. The third-order valence-electron chi connectivity index (χ3n) is 4.76. The van der Waals surface area contributed by atoms with Crippen LogP contribution in [0.4, 0.5) is 22.7 Å². The number of benzene rings is 3. The molecular weight excluding hydrogens is 436 g/mol. The molecular formula is C21H16N4O8. The highest BCUT2D eigenvalue weighted by Crippen LogP contribution is 2.42. The van der Waals surface area contributed by atoms with E-state index in [0.29, 0.717) is 35.7 Å². The Hall–Kier alpha value is -4.74. The number of nitro benzene ring substituents is 2. The van der Waals surface area contributed by atoms with Crippen molar-refractivity contribution in [2.45, 2.75) is 19.8 Å². The topological polar surface area (TPSA) is 186 Å². The van der Waals surface area contributed by atoms with Crippen LogP contribution in [0.2, 0.25) is 0 Å². The number of nitro groups is 2.